The van der Waals surface area contributed by atoms with Gasteiger partial charge < -0.3 is 29.1 Å². The predicted molar refractivity (Wildman–Crippen MR) is 163 cm³/mol. The summed E-state index contributed by atoms with van der Waals surface area (Å²) in [5.74, 6) is -0.980. The average Bonchev–Trinajstić information content (AvgIpc) is 3.02. The van der Waals surface area contributed by atoms with Crippen LogP contribution in [0.25, 0.3) is 0 Å². The molecule has 2 saturated heterocycles. The van der Waals surface area contributed by atoms with Crippen LogP contribution in [-0.4, -0.2) is 126 Å². The Bertz CT molecular complexity index is 1450. The lowest BCUT2D eigenvalue weighted by atomic mass is 10.0. The molecule has 1 aromatic heterocycles. The highest BCUT2D eigenvalue weighted by Crippen LogP contribution is 2.36. The summed E-state index contributed by atoms with van der Waals surface area (Å²) >= 11 is 0. The lowest BCUT2D eigenvalue weighted by molar-refractivity contribution is -0.142. The Morgan fingerprint density at radius 1 is 1.09 bits per heavy atom. The van der Waals surface area contributed by atoms with Crippen molar-refractivity contribution in [3.05, 3.63) is 53.0 Å². The fraction of sp³-hybridized carbons (Fsp3) is 0.562. The molecular weight excluding hydrogens is 623 g/mol. The molecule has 4 heterocycles. The lowest BCUT2D eigenvalue weighted by Crippen LogP contribution is -2.65. The molecule has 1 aromatic carbocycles. The van der Waals surface area contributed by atoms with Gasteiger partial charge in [-0.2, -0.15) is 0 Å². The number of anilines is 1. The number of carbonyl (C=O) groups is 3. The molecule has 3 aliphatic heterocycles. The number of pyridine rings is 1. The van der Waals surface area contributed by atoms with Crippen molar-refractivity contribution in [2.75, 3.05) is 57.4 Å². The number of hydrogen-bond donors (Lipinski definition) is 1. The molecule has 2 fully saturated rings. The highest BCUT2D eigenvalue weighted by molar-refractivity contribution is 5.97. The van der Waals surface area contributed by atoms with Gasteiger partial charge in [0.2, 0.25) is 11.8 Å². The molecule has 0 radical (unpaired) electrons. The van der Waals surface area contributed by atoms with Crippen molar-refractivity contribution in [3.63, 3.8) is 0 Å². The standard InChI is InChI=1S/C32H40F3N5O7/c1-19-12-38(25(14-39(19)32(43)44)13-37-8-9-45-18-28(37)30(34)35)15-29(42)40-20(2)16-47-31-27(40)11-23(26(36-31)17-46-21(3)41)10-22-4-6-24(33)7-5-22/h4-7,11,19-20,25,28,30H,8-10,12-18H2,1-3H3,(H,43,44)/t19-,20+,25+,28+/m1/s1. The molecule has 2 aromatic rings. The van der Waals surface area contributed by atoms with Gasteiger partial charge in [-0.15, -0.1) is 0 Å². The molecule has 47 heavy (non-hydrogen) atoms. The van der Waals surface area contributed by atoms with E-state index < -0.39 is 42.7 Å². The van der Waals surface area contributed by atoms with Gasteiger partial charge >= 0.3 is 12.1 Å². The van der Waals surface area contributed by atoms with Gasteiger partial charge in [0.1, 0.15) is 24.7 Å². The number of benzene rings is 1. The molecule has 0 unspecified atom stereocenters. The number of amides is 2. The van der Waals surface area contributed by atoms with E-state index in [1.165, 1.54) is 24.0 Å². The Morgan fingerprint density at radius 2 is 1.83 bits per heavy atom. The van der Waals surface area contributed by atoms with Gasteiger partial charge in [-0.25, -0.2) is 22.9 Å². The van der Waals surface area contributed by atoms with E-state index in [9.17, 15) is 32.7 Å². The normalized spacial score (nSPS) is 23.7. The molecule has 0 saturated carbocycles. The zero-order valence-electron chi connectivity index (χ0n) is 26.6. The van der Waals surface area contributed by atoms with Crippen molar-refractivity contribution in [1.29, 1.82) is 0 Å². The largest absolute Gasteiger partial charge is 0.474 e. The second-order valence-electron chi connectivity index (χ2n) is 12.3. The number of hydrogen-bond acceptors (Lipinski definition) is 9. The number of esters is 1. The number of carbonyl (C=O) groups excluding carboxylic acids is 2. The molecule has 0 aliphatic carbocycles. The molecule has 3 aliphatic rings. The van der Waals surface area contributed by atoms with Crippen LogP contribution in [0.2, 0.25) is 0 Å². The SMILES string of the molecule is CC(=O)OCc1nc2c(cc1Cc1ccc(F)cc1)N(C(=O)CN1C[C@@H](C)N(C(=O)O)C[C@@H]1CN1CCOC[C@H]1C(F)F)[C@@H](C)CO2. The van der Waals surface area contributed by atoms with Gasteiger partial charge in [0.25, 0.3) is 6.43 Å². The van der Waals surface area contributed by atoms with Crippen LogP contribution in [0.15, 0.2) is 30.3 Å². The van der Waals surface area contributed by atoms with Gasteiger partial charge in [-0.3, -0.25) is 19.4 Å². The van der Waals surface area contributed by atoms with Crippen molar-refractivity contribution < 1.29 is 46.9 Å². The predicted octanol–water partition coefficient (Wildman–Crippen LogP) is 3.01. The Balaban J connectivity index is 1.43. The molecule has 12 nitrogen and oxygen atoms in total. The minimum Gasteiger partial charge on any atom is -0.474 e. The summed E-state index contributed by atoms with van der Waals surface area (Å²) in [4.78, 5) is 48.8. The fourth-order valence-corrected chi connectivity index (χ4v) is 6.38. The second-order valence-corrected chi connectivity index (χ2v) is 12.3. The van der Waals surface area contributed by atoms with Crippen molar-refractivity contribution in [1.82, 2.24) is 19.7 Å². The minimum atomic E-state index is -2.64. The number of nitrogens with zero attached hydrogens (tertiary/aromatic N) is 5. The number of alkyl halides is 2. The van der Waals surface area contributed by atoms with E-state index >= 15 is 0 Å². The van der Waals surface area contributed by atoms with Gasteiger partial charge in [0.05, 0.1) is 37.5 Å². The maximum absolute atomic E-state index is 14.2. The first-order valence-corrected chi connectivity index (χ1v) is 15.6. The molecule has 5 rings (SSSR count). The number of morpholine rings is 1. The lowest BCUT2D eigenvalue weighted by Gasteiger charge is -2.47. The third kappa shape index (κ3) is 8.14. The molecule has 1 N–H and O–H groups in total. The molecule has 0 spiro atoms. The maximum Gasteiger partial charge on any atom is 0.407 e. The van der Waals surface area contributed by atoms with Crippen molar-refractivity contribution in [2.24, 2.45) is 0 Å². The van der Waals surface area contributed by atoms with Crippen LogP contribution in [0.1, 0.15) is 37.6 Å². The van der Waals surface area contributed by atoms with E-state index in [1.807, 2.05) is 11.8 Å². The zero-order valence-corrected chi connectivity index (χ0v) is 26.6. The average molecular weight is 664 g/mol. The number of aromatic nitrogens is 1. The monoisotopic (exact) mass is 663 g/mol. The topological polar surface area (TPSA) is 125 Å². The highest BCUT2D eigenvalue weighted by Gasteiger charge is 2.41. The van der Waals surface area contributed by atoms with Crippen LogP contribution in [0.3, 0.4) is 0 Å². The van der Waals surface area contributed by atoms with E-state index in [1.54, 1.807) is 34.9 Å². The minimum absolute atomic E-state index is 0.0508. The smallest absolute Gasteiger partial charge is 0.407 e. The second kappa shape index (κ2) is 14.9. The van der Waals surface area contributed by atoms with Crippen molar-refractivity contribution in [3.8, 4) is 5.88 Å². The molecule has 15 heteroatoms. The molecule has 4 atom stereocenters. The van der Waals surface area contributed by atoms with Crippen molar-refractivity contribution in [2.45, 2.75) is 64.4 Å². The van der Waals surface area contributed by atoms with Crippen LogP contribution < -0.4 is 9.64 Å². The summed E-state index contributed by atoms with van der Waals surface area (Å²) in [6.07, 6.45) is -3.44. The fourth-order valence-electron chi connectivity index (χ4n) is 6.38. The Hall–Kier alpha value is -3.95. The number of ether oxygens (including phenoxy) is 3. The number of fused-ring (bicyclic) bond motifs is 1. The number of rotatable bonds is 9. The first-order chi connectivity index (χ1) is 22.4. The van der Waals surface area contributed by atoms with E-state index in [-0.39, 0.29) is 76.8 Å². The van der Waals surface area contributed by atoms with Crippen LogP contribution in [-0.2, 0) is 32.1 Å². The number of piperazine rings is 1. The van der Waals surface area contributed by atoms with Crippen LogP contribution in [0.4, 0.5) is 23.7 Å². The zero-order chi connectivity index (χ0) is 33.8. The molecular formula is C32H40F3N5O7. The molecule has 2 amide bonds. The summed E-state index contributed by atoms with van der Waals surface area (Å²) < 4.78 is 57.8. The number of carboxylic acid groups (broad SMARTS) is 1. The first kappa shape index (κ1) is 34.4. The van der Waals surface area contributed by atoms with E-state index in [0.717, 1.165) is 5.56 Å². The summed E-state index contributed by atoms with van der Waals surface area (Å²) in [6, 6.07) is 5.24. The molecule has 256 valence electrons. The van der Waals surface area contributed by atoms with E-state index in [0.29, 0.717) is 23.4 Å². The third-order valence-corrected chi connectivity index (χ3v) is 8.84. The van der Waals surface area contributed by atoms with Crippen LogP contribution in [0.5, 0.6) is 5.88 Å². The summed E-state index contributed by atoms with van der Waals surface area (Å²) in [5, 5.41) is 9.84. The summed E-state index contributed by atoms with van der Waals surface area (Å²) in [5.41, 5.74) is 2.28. The first-order valence-electron chi connectivity index (χ1n) is 15.6. The summed E-state index contributed by atoms with van der Waals surface area (Å²) in [7, 11) is 0. The van der Waals surface area contributed by atoms with Crippen LogP contribution >= 0.6 is 0 Å². The quantitative estimate of drug-likeness (QED) is 0.401. The third-order valence-electron chi connectivity index (χ3n) is 8.84. The Morgan fingerprint density at radius 3 is 2.51 bits per heavy atom. The maximum atomic E-state index is 14.2. The summed E-state index contributed by atoms with van der Waals surface area (Å²) in [6.45, 7) is 5.63. The van der Waals surface area contributed by atoms with Gasteiger partial charge in [-0.1, -0.05) is 12.1 Å². The van der Waals surface area contributed by atoms with Crippen LogP contribution in [0, 0.1) is 5.82 Å². The van der Waals surface area contributed by atoms with Gasteiger partial charge in [0.15, 0.2) is 0 Å². The van der Waals surface area contributed by atoms with E-state index in [2.05, 4.69) is 4.98 Å². The Labute approximate surface area is 271 Å². The Kier molecular flexibility index (Phi) is 10.9. The van der Waals surface area contributed by atoms with Crippen molar-refractivity contribution >= 4 is 23.7 Å². The van der Waals surface area contributed by atoms with Gasteiger partial charge in [-0.05, 0) is 49.6 Å². The highest BCUT2D eigenvalue weighted by atomic mass is 19.3. The molecule has 0 bridgehead atoms. The van der Waals surface area contributed by atoms with E-state index in [4.69, 9.17) is 14.2 Å². The van der Waals surface area contributed by atoms with Gasteiger partial charge in [0, 0.05) is 45.2 Å². The number of halogens is 3.